The van der Waals surface area contributed by atoms with Gasteiger partial charge in [0.2, 0.25) is 5.78 Å². The van der Waals surface area contributed by atoms with Crippen LogP contribution in [0.2, 0.25) is 0 Å². The molecule has 0 amide bonds. The minimum absolute atomic E-state index is 0.0142. The van der Waals surface area contributed by atoms with E-state index in [0.29, 0.717) is 5.56 Å². The standard InChI is InChI=1S/C25H23NO8S/c1-14(27)33-19-5-3-4-17-22(19)25(31)23-18(24(17)30)10-16(11-20(23)34-15(2)28)13-32-21(29)12-26-6-8-35-9-7-26/h3-5,10-11H,6-9,12-13H2,1-2H3. The van der Waals surface area contributed by atoms with Crippen molar-refractivity contribution in [1.82, 2.24) is 4.90 Å². The van der Waals surface area contributed by atoms with E-state index in [2.05, 4.69) is 0 Å². The van der Waals surface area contributed by atoms with Crippen LogP contribution in [-0.4, -0.2) is 65.5 Å². The zero-order valence-corrected chi connectivity index (χ0v) is 20.1. The Morgan fingerprint density at radius 2 is 1.54 bits per heavy atom. The van der Waals surface area contributed by atoms with Gasteiger partial charge < -0.3 is 14.2 Å². The number of ketones is 2. The molecule has 1 saturated heterocycles. The summed E-state index contributed by atoms with van der Waals surface area (Å²) >= 11 is 1.84. The Morgan fingerprint density at radius 1 is 0.886 bits per heavy atom. The first-order valence-electron chi connectivity index (χ1n) is 11.0. The van der Waals surface area contributed by atoms with Gasteiger partial charge in [0.25, 0.3) is 0 Å². The molecule has 1 fully saturated rings. The van der Waals surface area contributed by atoms with Gasteiger partial charge in [0, 0.05) is 49.6 Å². The lowest BCUT2D eigenvalue weighted by Gasteiger charge is -2.25. The highest BCUT2D eigenvalue weighted by Gasteiger charge is 2.36. The summed E-state index contributed by atoms with van der Waals surface area (Å²) in [5, 5.41) is 0. The zero-order valence-electron chi connectivity index (χ0n) is 19.3. The van der Waals surface area contributed by atoms with Crippen molar-refractivity contribution in [2.45, 2.75) is 20.5 Å². The Labute approximate surface area is 205 Å². The summed E-state index contributed by atoms with van der Waals surface area (Å²) < 4.78 is 15.8. The van der Waals surface area contributed by atoms with Crippen molar-refractivity contribution in [3.63, 3.8) is 0 Å². The molecule has 0 atom stereocenters. The third-order valence-corrected chi connectivity index (χ3v) is 6.44. The summed E-state index contributed by atoms with van der Waals surface area (Å²) in [6, 6.07) is 7.23. The number of benzene rings is 2. The molecule has 10 heteroatoms. The Hall–Kier alpha value is -3.50. The maximum atomic E-state index is 13.4. The fourth-order valence-corrected chi connectivity index (χ4v) is 5.00. The van der Waals surface area contributed by atoms with Crippen molar-refractivity contribution in [2.24, 2.45) is 0 Å². The molecule has 35 heavy (non-hydrogen) atoms. The number of fused-ring (bicyclic) bond motifs is 2. The van der Waals surface area contributed by atoms with Crippen LogP contribution in [0.25, 0.3) is 0 Å². The Kier molecular flexibility index (Phi) is 7.32. The van der Waals surface area contributed by atoms with Crippen LogP contribution in [0, 0.1) is 0 Å². The second kappa shape index (κ2) is 10.4. The molecule has 0 N–H and O–H groups in total. The van der Waals surface area contributed by atoms with Crippen LogP contribution < -0.4 is 9.47 Å². The summed E-state index contributed by atoms with van der Waals surface area (Å²) in [6.07, 6.45) is 0. The van der Waals surface area contributed by atoms with Crippen LogP contribution in [0.3, 0.4) is 0 Å². The number of ether oxygens (including phenoxy) is 3. The number of carbonyl (C=O) groups excluding carboxylic acids is 5. The van der Waals surface area contributed by atoms with Gasteiger partial charge in [-0.15, -0.1) is 0 Å². The highest BCUT2D eigenvalue weighted by Crippen LogP contribution is 2.38. The van der Waals surface area contributed by atoms with Crippen molar-refractivity contribution in [3.05, 3.63) is 58.1 Å². The molecule has 1 aliphatic carbocycles. The smallest absolute Gasteiger partial charge is 0.320 e. The molecule has 1 aliphatic heterocycles. The third kappa shape index (κ3) is 5.44. The predicted molar refractivity (Wildman–Crippen MR) is 126 cm³/mol. The predicted octanol–water partition coefficient (Wildman–Crippen LogP) is 2.40. The van der Waals surface area contributed by atoms with Crippen molar-refractivity contribution >= 4 is 41.2 Å². The Morgan fingerprint density at radius 3 is 2.23 bits per heavy atom. The molecule has 0 spiro atoms. The summed E-state index contributed by atoms with van der Waals surface area (Å²) in [4.78, 5) is 64.4. The van der Waals surface area contributed by atoms with E-state index >= 15 is 0 Å². The topological polar surface area (TPSA) is 116 Å². The lowest BCUT2D eigenvalue weighted by Crippen LogP contribution is -2.37. The van der Waals surface area contributed by atoms with Gasteiger partial charge in [0.05, 0.1) is 17.7 Å². The van der Waals surface area contributed by atoms with Crippen LogP contribution in [0.15, 0.2) is 30.3 Å². The van der Waals surface area contributed by atoms with Crippen molar-refractivity contribution in [3.8, 4) is 11.5 Å². The van der Waals surface area contributed by atoms with Crippen molar-refractivity contribution in [1.29, 1.82) is 0 Å². The number of hydrogen-bond acceptors (Lipinski definition) is 10. The van der Waals surface area contributed by atoms with E-state index in [1.54, 1.807) is 0 Å². The molecule has 2 aliphatic rings. The number of thioether (sulfide) groups is 1. The van der Waals surface area contributed by atoms with Gasteiger partial charge in [-0.2, -0.15) is 11.8 Å². The van der Waals surface area contributed by atoms with Gasteiger partial charge >= 0.3 is 17.9 Å². The first-order chi connectivity index (χ1) is 16.7. The highest BCUT2D eigenvalue weighted by atomic mass is 32.2. The van der Waals surface area contributed by atoms with E-state index in [9.17, 15) is 24.0 Å². The number of rotatable bonds is 6. The molecule has 0 unspecified atom stereocenters. The third-order valence-electron chi connectivity index (χ3n) is 5.50. The SMILES string of the molecule is CC(=O)Oc1cccc2c1C(=O)c1c(OC(C)=O)cc(COC(=O)CN3CCSCC3)cc1C2=O. The fraction of sp³-hybridized carbons (Fsp3) is 0.320. The molecule has 0 bridgehead atoms. The van der Waals surface area contributed by atoms with E-state index in [-0.39, 0.29) is 46.9 Å². The number of carbonyl (C=O) groups is 5. The van der Waals surface area contributed by atoms with Crippen LogP contribution in [0.5, 0.6) is 11.5 Å². The second-order valence-corrected chi connectivity index (χ2v) is 9.31. The van der Waals surface area contributed by atoms with Gasteiger partial charge in [-0.25, -0.2) is 0 Å². The molecule has 2 aromatic rings. The zero-order chi connectivity index (χ0) is 25.1. The number of nitrogens with zero attached hydrogens (tertiary/aromatic N) is 1. The Bertz CT molecular complexity index is 1230. The van der Waals surface area contributed by atoms with Crippen molar-refractivity contribution < 1.29 is 38.2 Å². The average molecular weight is 498 g/mol. The molecular formula is C25H23NO8S. The minimum Gasteiger partial charge on any atom is -0.460 e. The molecule has 2 aromatic carbocycles. The van der Waals surface area contributed by atoms with Crippen LogP contribution >= 0.6 is 11.8 Å². The molecular weight excluding hydrogens is 474 g/mol. The van der Waals surface area contributed by atoms with E-state index in [1.807, 2.05) is 16.7 Å². The summed E-state index contributed by atoms with van der Waals surface area (Å²) in [7, 11) is 0. The van der Waals surface area contributed by atoms with Crippen molar-refractivity contribution in [2.75, 3.05) is 31.1 Å². The minimum atomic E-state index is -0.691. The Balaban J connectivity index is 1.65. The van der Waals surface area contributed by atoms with Gasteiger partial charge in [0.15, 0.2) is 5.78 Å². The van der Waals surface area contributed by atoms with E-state index in [0.717, 1.165) is 24.6 Å². The van der Waals surface area contributed by atoms with Gasteiger partial charge in [-0.3, -0.25) is 28.9 Å². The van der Waals surface area contributed by atoms with Crippen LogP contribution in [0.1, 0.15) is 51.3 Å². The largest absolute Gasteiger partial charge is 0.460 e. The lowest BCUT2D eigenvalue weighted by atomic mass is 9.82. The fourth-order valence-electron chi connectivity index (χ4n) is 4.02. The lowest BCUT2D eigenvalue weighted by molar-refractivity contribution is -0.146. The molecule has 182 valence electrons. The monoisotopic (exact) mass is 497 g/mol. The molecule has 4 rings (SSSR count). The van der Waals surface area contributed by atoms with E-state index in [4.69, 9.17) is 14.2 Å². The molecule has 9 nitrogen and oxygen atoms in total. The van der Waals surface area contributed by atoms with Gasteiger partial charge in [0.1, 0.15) is 18.1 Å². The molecule has 0 radical (unpaired) electrons. The molecule has 0 aromatic heterocycles. The maximum absolute atomic E-state index is 13.4. The molecule has 1 heterocycles. The van der Waals surface area contributed by atoms with Crippen LogP contribution in [0.4, 0.5) is 0 Å². The normalized spacial score (nSPS) is 15.1. The van der Waals surface area contributed by atoms with E-state index in [1.165, 1.54) is 44.2 Å². The first-order valence-corrected chi connectivity index (χ1v) is 12.1. The highest BCUT2D eigenvalue weighted by molar-refractivity contribution is 7.99. The number of hydrogen-bond donors (Lipinski definition) is 0. The first kappa shape index (κ1) is 24.6. The van der Waals surface area contributed by atoms with Gasteiger partial charge in [-0.05, 0) is 23.8 Å². The van der Waals surface area contributed by atoms with Crippen LogP contribution in [-0.2, 0) is 25.7 Å². The molecule has 0 saturated carbocycles. The summed E-state index contributed by atoms with van der Waals surface area (Å²) in [5.41, 5.74) is 0.279. The van der Waals surface area contributed by atoms with Gasteiger partial charge in [-0.1, -0.05) is 12.1 Å². The maximum Gasteiger partial charge on any atom is 0.320 e. The summed E-state index contributed by atoms with van der Waals surface area (Å²) in [5.74, 6) is -1.14. The number of esters is 3. The average Bonchev–Trinajstić information content (AvgIpc) is 2.81. The van der Waals surface area contributed by atoms with E-state index < -0.39 is 29.5 Å². The quantitative estimate of drug-likeness (QED) is 0.371. The second-order valence-electron chi connectivity index (χ2n) is 8.09. The summed E-state index contributed by atoms with van der Waals surface area (Å²) in [6.45, 7) is 3.96.